The molecule has 0 spiro atoms. The molecule has 1 saturated heterocycles. The van der Waals surface area contributed by atoms with Crippen LogP contribution in [0.15, 0.2) is 28.0 Å². The first-order chi connectivity index (χ1) is 15.3. The van der Waals surface area contributed by atoms with E-state index >= 15 is 0 Å². The fraction of sp³-hybridized carbons (Fsp3) is 0.682. The Morgan fingerprint density at radius 1 is 1.22 bits per heavy atom. The maximum atomic E-state index is 13.4. The Hall–Kier alpha value is -1.81. The van der Waals surface area contributed by atoms with Crippen molar-refractivity contribution in [3.8, 4) is 11.6 Å². The largest absolute Gasteiger partial charge is 0.461 e. The normalized spacial score (nSPS) is 21.3. The van der Waals surface area contributed by atoms with Gasteiger partial charge < -0.3 is 9.32 Å². The number of hydrogen-bond acceptors (Lipinski definition) is 7. The third-order valence-corrected chi connectivity index (χ3v) is 8.89. The highest BCUT2D eigenvalue weighted by molar-refractivity contribution is 7.99. The number of carbonyl (C=O) groups excluding carboxylic acids is 1. The van der Waals surface area contributed by atoms with Gasteiger partial charge in [-0.25, -0.2) is 8.42 Å². The summed E-state index contributed by atoms with van der Waals surface area (Å²) in [6, 6.07) is 3.61. The van der Waals surface area contributed by atoms with Crippen molar-refractivity contribution in [1.29, 1.82) is 0 Å². The summed E-state index contributed by atoms with van der Waals surface area (Å²) in [7, 11) is -3.06. The number of rotatable bonds is 8. The van der Waals surface area contributed by atoms with Gasteiger partial charge in [0.15, 0.2) is 26.6 Å². The summed E-state index contributed by atoms with van der Waals surface area (Å²) in [5.74, 6) is 2.17. The van der Waals surface area contributed by atoms with Gasteiger partial charge in [-0.2, -0.15) is 0 Å². The highest BCUT2D eigenvalue weighted by atomic mass is 32.2. The van der Waals surface area contributed by atoms with Gasteiger partial charge in [-0.3, -0.25) is 9.36 Å². The lowest BCUT2D eigenvalue weighted by Gasteiger charge is -2.38. The van der Waals surface area contributed by atoms with Crippen molar-refractivity contribution in [3.63, 3.8) is 0 Å². The van der Waals surface area contributed by atoms with E-state index in [1.807, 2.05) is 21.6 Å². The molecule has 2 fully saturated rings. The van der Waals surface area contributed by atoms with Crippen LogP contribution in [-0.4, -0.2) is 63.3 Å². The molecule has 0 unspecified atom stereocenters. The summed E-state index contributed by atoms with van der Waals surface area (Å²) < 4.78 is 31.8. The Morgan fingerprint density at radius 2 is 2.00 bits per heavy atom. The molecule has 2 aromatic rings. The molecule has 1 amide bonds. The molecule has 0 N–H and O–H groups in total. The van der Waals surface area contributed by atoms with Crippen molar-refractivity contribution in [2.45, 2.75) is 76.2 Å². The van der Waals surface area contributed by atoms with Crippen molar-refractivity contribution >= 4 is 27.5 Å². The summed E-state index contributed by atoms with van der Waals surface area (Å²) in [6.45, 7) is 4.96. The predicted molar refractivity (Wildman–Crippen MR) is 124 cm³/mol. The Morgan fingerprint density at radius 3 is 2.62 bits per heavy atom. The third kappa shape index (κ3) is 5.39. The molecule has 0 aromatic carbocycles. The first kappa shape index (κ1) is 23.4. The third-order valence-electron chi connectivity index (χ3n) is 6.19. The smallest absolute Gasteiger partial charge is 0.233 e. The van der Waals surface area contributed by atoms with Crippen LogP contribution in [-0.2, 0) is 21.2 Å². The minimum atomic E-state index is -3.06. The van der Waals surface area contributed by atoms with Crippen molar-refractivity contribution in [2.24, 2.45) is 5.92 Å². The van der Waals surface area contributed by atoms with Crippen LogP contribution in [0.1, 0.15) is 52.4 Å². The minimum Gasteiger partial charge on any atom is -0.461 e. The fourth-order valence-electron chi connectivity index (χ4n) is 4.77. The minimum absolute atomic E-state index is 0.00245. The maximum Gasteiger partial charge on any atom is 0.233 e. The highest BCUT2D eigenvalue weighted by Crippen LogP contribution is 2.31. The topological polar surface area (TPSA) is 98.3 Å². The Kier molecular flexibility index (Phi) is 7.29. The number of hydrogen-bond donors (Lipinski definition) is 0. The van der Waals surface area contributed by atoms with Gasteiger partial charge in [0.05, 0.1) is 23.5 Å². The van der Waals surface area contributed by atoms with E-state index in [9.17, 15) is 13.2 Å². The van der Waals surface area contributed by atoms with E-state index < -0.39 is 9.84 Å². The Balaban J connectivity index is 1.51. The lowest BCUT2D eigenvalue weighted by atomic mass is 9.93. The molecule has 8 nitrogen and oxygen atoms in total. The molecule has 1 saturated carbocycles. The molecular formula is C22H32N4O4S2. The average molecular weight is 481 g/mol. The van der Waals surface area contributed by atoms with Gasteiger partial charge in [0.25, 0.3) is 0 Å². The Bertz CT molecular complexity index is 1010. The molecule has 32 heavy (non-hydrogen) atoms. The van der Waals surface area contributed by atoms with Gasteiger partial charge in [-0.05, 0) is 37.3 Å². The van der Waals surface area contributed by atoms with E-state index in [1.54, 1.807) is 6.26 Å². The summed E-state index contributed by atoms with van der Waals surface area (Å²) in [5, 5.41) is 9.34. The van der Waals surface area contributed by atoms with Gasteiger partial charge in [-0.15, -0.1) is 10.2 Å². The number of thioether (sulfide) groups is 1. The monoisotopic (exact) mass is 480 g/mol. The summed E-state index contributed by atoms with van der Waals surface area (Å²) in [4.78, 5) is 15.3. The SMILES string of the molecule is CC(C)Cn1c(SCC(=O)N(C2CCCCC2)[C@@H]2CCS(=O)(=O)C2)nnc1-c1ccco1. The highest BCUT2D eigenvalue weighted by Gasteiger charge is 2.38. The standard InChI is InChI=1S/C22H32N4O4S2/c1-16(2)13-25-21(19-9-6-11-30-19)23-24-22(25)31-14-20(27)26(17-7-4-3-5-8-17)18-10-12-32(28,29)15-18/h6,9,11,16-18H,3-5,7-8,10,12-15H2,1-2H3/t18-/m1/s1. The van der Waals surface area contributed by atoms with Crippen LogP contribution in [0.25, 0.3) is 11.6 Å². The fourth-order valence-corrected chi connectivity index (χ4v) is 7.30. The van der Waals surface area contributed by atoms with Crippen LogP contribution < -0.4 is 0 Å². The molecule has 1 aliphatic heterocycles. The molecule has 3 heterocycles. The summed E-state index contributed by atoms with van der Waals surface area (Å²) in [5.41, 5.74) is 0. The van der Waals surface area contributed by atoms with Crippen LogP contribution in [0.5, 0.6) is 0 Å². The zero-order valence-electron chi connectivity index (χ0n) is 18.8. The summed E-state index contributed by atoms with van der Waals surface area (Å²) >= 11 is 1.37. The van der Waals surface area contributed by atoms with Crippen LogP contribution >= 0.6 is 11.8 Å². The van der Waals surface area contributed by atoms with E-state index in [0.29, 0.717) is 35.6 Å². The molecule has 0 radical (unpaired) electrons. The molecule has 1 atom stereocenters. The Labute approximate surface area is 194 Å². The average Bonchev–Trinajstić information content (AvgIpc) is 3.48. The van der Waals surface area contributed by atoms with Crippen molar-refractivity contribution in [3.05, 3.63) is 18.4 Å². The van der Waals surface area contributed by atoms with Gasteiger partial charge in [-0.1, -0.05) is 44.9 Å². The van der Waals surface area contributed by atoms with Crippen LogP contribution in [0.3, 0.4) is 0 Å². The van der Waals surface area contributed by atoms with E-state index in [-0.39, 0.29) is 35.2 Å². The second kappa shape index (κ2) is 9.99. The second-order valence-corrected chi connectivity index (χ2v) is 12.4. The number of amides is 1. The van der Waals surface area contributed by atoms with E-state index in [2.05, 4.69) is 24.0 Å². The van der Waals surface area contributed by atoms with Crippen molar-refractivity contribution in [1.82, 2.24) is 19.7 Å². The maximum absolute atomic E-state index is 13.4. The van der Waals surface area contributed by atoms with Crippen LogP contribution in [0.4, 0.5) is 0 Å². The van der Waals surface area contributed by atoms with E-state index in [1.165, 1.54) is 18.2 Å². The van der Waals surface area contributed by atoms with Gasteiger partial charge in [0, 0.05) is 18.6 Å². The summed E-state index contributed by atoms with van der Waals surface area (Å²) in [6.07, 6.45) is 7.44. The quantitative estimate of drug-likeness (QED) is 0.532. The number of aromatic nitrogens is 3. The lowest BCUT2D eigenvalue weighted by molar-refractivity contribution is -0.133. The first-order valence-electron chi connectivity index (χ1n) is 11.5. The molecular weight excluding hydrogens is 448 g/mol. The molecule has 176 valence electrons. The molecule has 4 rings (SSSR count). The van der Waals surface area contributed by atoms with Gasteiger partial charge in [0.1, 0.15) is 0 Å². The zero-order chi connectivity index (χ0) is 22.7. The molecule has 1 aliphatic carbocycles. The lowest BCUT2D eigenvalue weighted by Crippen LogP contribution is -2.49. The van der Waals surface area contributed by atoms with Crippen LogP contribution in [0, 0.1) is 5.92 Å². The number of nitrogens with zero attached hydrogens (tertiary/aromatic N) is 4. The predicted octanol–water partition coefficient (Wildman–Crippen LogP) is 3.63. The number of furan rings is 1. The number of sulfone groups is 1. The molecule has 2 aromatic heterocycles. The second-order valence-electron chi connectivity index (χ2n) is 9.23. The van der Waals surface area contributed by atoms with Gasteiger partial charge in [0.2, 0.25) is 5.91 Å². The first-order valence-corrected chi connectivity index (χ1v) is 14.3. The van der Waals surface area contributed by atoms with E-state index in [0.717, 1.165) is 25.7 Å². The van der Waals surface area contributed by atoms with Crippen molar-refractivity contribution < 1.29 is 17.6 Å². The molecule has 2 aliphatic rings. The number of carbonyl (C=O) groups is 1. The molecule has 0 bridgehead atoms. The molecule has 10 heteroatoms. The van der Waals surface area contributed by atoms with E-state index in [4.69, 9.17) is 4.42 Å². The zero-order valence-corrected chi connectivity index (χ0v) is 20.4. The van der Waals surface area contributed by atoms with Crippen LogP contribution in [0.2, 0.25) is 0 Å². The van der Waals surface area contributed by atoms with Gasteiger partial charge >= 0.3 is 0 Å². The van der Waals surface area contributed by atoms with Crippen molar-refractivity contribution in [2.75, 3.05) is 17.3 Å².